The van der Waals surface area contributed by atoms with Gasteiger partial charge in [-0.25, -0.2) is 0 Å². The Morgan fingerprint density at radius 1 is 1.20 bits per heavy atom. The Morgan fingerprint density at radius 2 is 1.90 bits per heavy atom. The van der Waals surface area contributed by atoms with Crippen molar-refractivity contribution in [2.75, 3.05) is 0 Å². The highest BCUT2D eigenvalue weighted by Crippen LogP contribution is 1.97. The van der Waals surface area contributed by atoms with Crippen LogP contribution in [0.4, 0.5) is 0 Å². The summed E-state index contributed by atoms with van der Waals surface area (Å²) < 4.78 is 2.84. The lowest BCUT2D eigenvalue weighted by atomic mass is 10.2. The lowest BCUT2D eigenvalue weighted by molar-refractivity contribution is 1.32. The van der Waals surface area contributed by atoms with Crippen molar-refractivity contribution in [2.45, 2.75) is 6.42 Å². The van der Waals surface area contributed by atoms with Gasteiger partial charge < -0.3 is 0 Å². The van der Waals surface area contributed by atoms with Crippen LogP contribution < -0.4 is 0 Å². The molecule has 0 aliphatic heterocycles. The minimum atomic E-state index is 0.865. The van der Waals surface area contributed by atoms with Crippen LogP contribution >= 0.6 is 22.6 Å². The summed E-state index contributed by atoms with van der Waals surface area (Å²) in [6.45, 7) is 0. The summed E-state index contributed by atoms with van der Waals surface area (Å²) in [5.41, 5.74) is 1.28. The standard InChI is InChI=1S/C9H7I/c10-8-4-7-9-5-2-1-3-6-9/h1-3,5-6H,7H2. The van der Waals surface area contributed by atoms with E-state index in [0.29, 0.717) is 0 Å². The monoisotopic (exact) mass is 242 g/mol. The predicted octanol–water partition coefficient (Wildman–Crippen LogP) is 2.63. The molecule has 0 amide bonds. The molecule has 0 aliphatic rings. The van der Waals surface area contributed by atoms with Crippen LogP contribution in [0.25, 0.3) is 0 Å². The molecular formula is C9H7I. The highest BCUT2D eigenvalue weighted by Gasteiger charge is 1.83. The minimum absolute atomic E-state index is 0.865. The van der Waals surface area contributed by atoms with Gasteiger partial charge in [0.25, 0.3) is 0 Å². The highest BCUT2D eigenvalue weighted by atomic mass is 127. The van der Waals surface area contributed by atoms with E-state index >= 15 is 0 Å². The van der Waals surface area contributed by atoms with Crippen LogP contribution in [-0.4, -0.2) is 0 Å². The van der Waals surface area contributed by atoms with E-state index in [-0.39, 0.29) is 0 Å². The van der Waals surface area contributed by atoms with Crippen molar-refractivity contribution in [3.8, 4) is 9.85 Å². The second-order valence-corrected chi connectivity index (χ2v) is 2.47. The van der Waals surface area contributed by atoms with E-state index in [1.807, 2.05) is 18.2 Å². The van der Waals surface area contributed by atoms with E-state index in [4.69, 9.17) is 0 Å². The number of benzene rings is 1. The summed E-state index contributed by atoms with van der Waals surface area (Å²) in [7, 11) is 0. The van der Waals surface area contributed by atoms with Gasteiger partial charge in [-0.05, 0) is 9.49 Å². The van der Waals surface area contributed by atoms with E-state index in [9.17, 15) is 0 Å². The average molecular weight is 242 g/mol. The Hall–Kier alpha value is -0.490. The molecule has 1 aromatic rings. The molecule has 0 heterocycles. The third-order valence-electron chi connectivity index (χ3n) is 1.20. The maximum absolute atomic E-state index is 3.00. The molecule has 0 N–H and O–H groups in total. The van der Waals surface area contributed by atoms with Crippen molar-refractivity contribution in [3.63, 3.8) is 0 Å². The van der Waals surface area contributed by atoms with Gasteiger partial charge in [0.1, 0.15) is 0 Å². The van der Waals surface area contributed by atoms with Crippen LogP contribution in [0.1, 0.15) is 5.56 Å². The van der Waals surface area contributed by atoms with Crippen LogP contribution in [-0.2, 0) is 6.42 Å². The lowest BCUT2D eigenvalue weighted by Gasteiger charge is -1.89. The largest absolute Gasteiger partial charge is 0.0871 e. The summed E-state index contributed by atoms with van der Waals surface area (Å²) in [6.07, 6.45) is 0.865. The molecule has 0 spiro atoms. The maximum Gasteiger partial charge on any atom is 0.0348 e. The molecule has 0 atom stereocenters. The fraction of sp³-hybridized carbons (Fsp3) is 0.111. The van der Waals surface area contributed by atoms with E-state index in [2.05, 4.69) is 44.6 Å². The van der Waals surface area contributed by atoms with Crippen molar-refractivity contribution in [3.05, 3.63) is 35.9 Å². The minimum Gasteiger partial charge on any atom is -0.0871 e. The quantitative estimate of drug-likeness (QED) is 0.524. The molecule has 0 fully saturated rings. The van der Waals surface area contributed by atoms with Crippen molar-refractivity contribution in [2.24, 2.45) is 0 Å². The van der Waals surface area contributed by atoms with Gasteiger partial charge in [-0.2, -0.15) is 0 Å². The summed E-state index contributed by atoms with van der Waals surface area (Å²) in [4.78, 5) is 0. The molecule has 0 aromatic heterocycles. The fourth-order valence-corrected chi connectivity index (χ4v) is 0.922. The molecular weight excluding hydrogens is 235 g/mol. The van der Waals surface area contributed by atoms with Crippen molar-refractivity contribution >= 4 is 22.6 Å². The third-order valence-corrected chi connectivity index (χ3v) is 1.58. The van der Waals surface area contributed by atoms with Crippen LogP contribution in [0.3, 0.4) is 0 Å². The van der Waals surface area contributed by atoms with E-state index in [0.717, 1.165) is 6.42 Å². The van der Waals surface area contributed by atoms with Gasteiger partial charge in [-0.15, -0.1) is 0 Å². The van der Waals surface area contributed by atoms with Gasteiger partial charge in [-0.1, -0.05) is 36.3 Å². The summed E-state index contributed by atoms with van der Waals surface area (Å²) in [5.74, 6) is 3.00. The molecule has 0 nitrogen and oxygen atoms in total. The number of rotatable bonds is 1. The van der Waals surface area contributed by atoms with Gasteiger partial charge >= 0.3 is 0 Å². The predicted molar refractivity (Wildman–Crippen MR) is 51.9 cm³/mol. The molecule has 0 aliphatic carbocycles. The third kappa shape index (κ3) is 2.40. The van der Waals surface area contributed by atoms with Gasteiger partial charge in [0, 0.05) is 29.0 Å². The Labute approximate surface area is 74.8 Å². The Bertz CT molecular complexity index is 240. The zero-order valence-corrected chi connectivity index (χ0v) is 7.63. The summed E-state index contributed by atoms with van der Waals surface area (Å²) >= 11 is 2.05. The number of hydrogen-bond donors (Lipinski definition) is 0. The number of hydrogen-bond acceptors (Lipinski definition) is 0. The molecule has 0 radical (unpaired) electrons. The fourth-order valence-electron chi connectivity index (χ4n) is 0.731. The first-order valence-corrected chi connectivity index (χ1v) is 4.14. The first kappa shape index (κ1) is 7.62. The second-order valence-electron chi connectivity index (χ2n) is 1.93. The van der Waals surface area contributed by atoms with Crippen molar-refractivity contribution < 1.29 is 0 Å². The van der Waals surface area contributed by atoms with Crippen LogP contribution in [0.5, 0.6) is 0 Å². The number of halogens is 1. The van der Waals surface area contributed by atoms with Crippen LogP contribution in [0, 0.1) is 9.85 Å². The molecule has 0 bridgehead atoms. The highest BCUT2D eigenvalue weighted by molar-refractivity contribution is 14.1. The normalized spacial score (nSPS) is 8.10. The Kier molecular flexibility index (Phi) is 3.31. The molecule has 1 aromatic carbocycles. The van der Waals surface area contributed by atoms with E-state index < -0.39 is 0 Å². The van der Waals surface area contributed by atoms with Gasteiger partial charge in [0.2, 0.25) is 0 Å². The Balaban J connectivity index is 2.64. The molecule has 0 saturated heterocycles. The van der Waals surface area contributed by atoms with Gasteiger partial charge in [0.05, 0.1) is 0 Å². The SMILES string of the molecule is IC#CCc1ccccc1. The lowest BCUT2D eigenvalue weighted by Crippen LogP contribution is -1.77. The summed E-state index contributed by atoms with van der Waals surface area (Å²) in [6, 6.07) is 10.2. The molecule has 0 saturated carbocycles. The summed E-state index contributed by atoms with van der Waals surface area (Å²) in [5, 5.41) is 0. The molecule has 50 valence electrons. The molecule has 10 heavy (non-hydrogen) atoms. The first-order chi connectivity index (χ1) is 4.93. The van der Waals surface area contributed by atoms with Gasteiger partial charge in [0.15, 0.2) is 0 Å². The average Bonchev–Trinajstić information content (AvgIpc) is 2.03. The van der Waals surface area contributed by atoms with E-state index in [1.54, 1.807) is 0 Å². The molecule has 1 rings (SSSR count). The molecule has 1 heteroatoms. The smallest absolute Gasteiger partial charge is 0.0348 e. The zero-order valence-electron chi connectivity index (χ0n) is 5.47. The molecule has 0 unspecified atom stereocenters. The Morgan fingerprint density at radius 3 is 2.50 bits per heavy atom. The van der Waals surface area contributed by atoms with Crippen LogP contribution in [0.15, 0.2) is 30.3 Å². The van der Waals surface area contributed by atoms with Crippen LogP contribution in [0.2, 0.25) is 0 Å². The van der Waals surface area contributed by atoms with E-state index in [1.165, 1.54) is 5.56 Å². The first-order valence-electron chi connectivity index (χ1n) is 3.06. The second kappa shape index (κ2) is 4.35. The zero-order chi connectivity index (χ0) is 7.23. The van der Waals surface area contributed by atoms with Crippen molar-refractivity contribution in [1.29, 1.82) is 0 Å². The van der Waals surface area contributed by atoms with Gasteiger partial charge in [-0.3, -0.25) is 0 Å². The topological polar surface area (TPSA) is 0 Å². The van der Waals surface area contributed by atoms with Crippen molar-refractivity contribution in [1.82, 2.24) is 0 Å². The maximum atomic E-state index is 3.00.